The van der Waals surface area contributed by atoms with E-state index in [4.69, 9.17) is 0 Å². The average Bonchev–Trinajstić information content (AvgIpc) is 2.98. The normalized spacial score (nSPS) is 10.3. The molecule has 0 spiro atoms. The van der Waals surface area contributed by atoms with Crippen LogP contribution in [0.5, 0.6) is 0 Å². The molecule has 0 saturated carbocycles. The summed E-state index contributed by atoms with van der Waals surface area (Å²) >= 11 is 1.47. The highest BCUT2D eigenvalue weighted by Gasteiger charge is 2.14. The third-order valence-electron chi connectivity index (χ3n) is 2.66. The first-order valence-electron chi connectivity index (χ1n) is 5.81. The van der Waals surface area contributed by atoms with E-state index in [0.29, 0.717) is 11.4 Å². The molecule has 92 valence electrons. The highest BCUT2D eigenvalue weighted by Crippen LogP contribution is 2.24. The summed E-state index contributed by atoms with van der Waals surface area (Å²) in [5, 5.41) is 2.62. The van der Waals surface area contributed by atoms with Crippen LogP contribution in [0.15, 0.2) is 60.1 Å². The molecule has 0 aliphatic carbocycles. The van der Waals surface area contributed by atoms with E-state index in [1.54, 1.807) is 29.8 Å². The van der Waals surface area contributed by atoms with Gasteiger partial charge in [-0.2, -0.15) is 0 Å². The molecule has 2 aromatic heterocycles. The molecule has 3 nitrogen and oxygen atoms in total. The maximum absolute atomic E-state index is 12.2. The van der Waals surface area contributed by atoms with Gasteiger partial charge in [0.05, 0.1) is 0 Å². The van der Waals surface area contributed by atoms with Crippen molar-refractivity contribution >= 4 is 17.1 Å². The summed E-state index contributed by atoms with van der Waals surface area (Å²) in [6.07, 6.45) is 1.61. The Bertz CT molecular complexity index is 692. The van der Waals surface area contributed by atoms with Crippen molar-refractivity contribution < 1.29 is 4.79 Å². The molecule has 4 heteroatoms. The van der Waals surface area contributed by atoms with Crippen LogP contribution in [0.2, 0.25) is 0 Å². The molecular weight excluding hydrogens is 256 g/mol. The summed E-state index contributed by atoms with van der Waals surface area (Å²) in [5.41, 5.74) is 1.89. The number of hydrogen-bond donors (Lipinski definition) is 0. The van der Waals surface area contributed by atoms with E-state index in [1.807, 2.05) is 30.3 Å². The molecule has 1 aromatic carbocycles. The SMILES string of the molecule is O=C(c1ccccn1)c1csc(-c2ccccc2)n1. The van der Waals surface area contributed by atoms with Gasteiger partial charge in [-0.15, -0.1) is 11.3 Å². The summed E-state index contributed by atoms with van der Waals surface area (Å²) in [4.78, 5) is 20.6. The number of thiazole rings is 1. The molecule has 0 bridgehead atoms. The number of benzene rings is 1. The topological polar surface area (TPSA) is 42.9 Å². The van der Waals surface area contributed by atoms with Crippen LogP contribution in [0.4, 0.5) is 0 Å². The molecule has 0 radical (unpaired) electrons. The van der Waals surface area contributed by atoms with Gasteiger partial charge in [0.15, 0.2) is 0 Å². The number of pyridine rings is 1. The van der Waals surface area contributed by atoms with Crippen LogP contribution in [-0.2, 0) is 0 Å². The molecule has 0 aliphatic heterocycles. The fourth-order valence-electron chi connectivity index (χ4n) is 1.72. The molecule has 3 rings (SSSR count). The predicted molar refractivity (Wildman–Crippen MR) is 75.2 cm³/mol. The molecular formula is C15H10N2OS. The minimum absolute atomic E-state index is 0.140. The van der Waals surface area contributed by atoms with Crippen LogP contribution in [0, 0.1) is 0 Å². The largest absolute Gasteiger partial charge is 0.285 e. The van der Waals surface area contributed by atoms with E-state index >= 15 is 0 Å². The minimum Gasteiger partial charge on any atom is -0.285 e. The second-order valence-corrected chi connectivity index (χ2v) is 4.81. The van der Waals surface area contributed by atoms with Crippen molar-refractivity contribution in [3.05, 3.63) is 71.5 Å². The Hall–Kier alpha value is -2.33. The van der Waals surface area contributed by atoms with Gasteiger partial charge in [-0.05, 0) is 12.1 Å². The van der Waals surface area contributed by atoms with Gasteiger partial charge < -0.3 is 0 Å². The van der Waals surface area contributed by atoms with Crippen LogP contribution in [0.3, 0.4) is 0 Å². The van der Waals surface area contributed by atoms with Crippen LogP contribution in [-0.4, -0.2) is 15.8 Å². The standard InChI is InChI=1S/C15H10N2OS/c18-14(12-8-4-5-9-16-12)13-10-19-15(17-13)11-6-2-1-3-7-11/h1-10H. The third kappa shape index (κ3) is 2.44. The van der Waals surface area contributed by atoms with Gasteiger partial charge in [0.2, 0.25) is 5.78 Å². The van der Waals surface area contributed by atoms with Crippen molar-refractivity contribution in [2.24, 2.45) is 0 Å². The van der Waals surface area contributed by atoms with Crippen LogP contribution in [0.25, 0.3) is 10.6 Å². The Labute approximate surface area is 114 Å². The lowest BCUT2D eigenvalue weighted by atomic mass is 10.2. The summed E-state index contributed by atoms with van der Waals surface area (Å²) in [6.45, 7) is 0. The number of nitrogens with zero attached hydrogens (tertiary/aromatic N) is 2. The summed E-state index contributed by atoms with van der Waals surface area (Å²) < 4.78 is 0. The third-order valence-corrected chi connectivity index (χ3v) is 3.55. The number of carbonyl (C=O) groups excluding carboxylic acids is 1. The lowest BCUT2D eigenvalue weighted by Gasteiger charge is -1.96. The van der Waals surface area contributed by atoms with E-state index < -0.39 is 0 Å². The zero-order valence-electron chi connectivity index (χ0n) is 9.98. The zero-order valence-corrected chi connectivity index (χ0v) is 10.8. The van der Waals surface area contributed by atoms with Crippen molar-refractivity contribution in [2.75, 3.05) is 0 Å². The number of rotatable bonds is 3. The first-order chi connectivity index (χ1) is 9.34. The molecule has 19 heavy (non-hydrogen) atoms. The molecule has 0 N–H and O–H groups in total. The van der Waals surface area contributed by atoms with Crippen molar-refractivity contribution in [3.8, 4) is 10.6 Å². The summed E-state index contributed by atoms with van der Waals surface area (Å²) in [7, 11) is 0. The average molecular weight is 266 g/mol. The maximum Gasteiger partial charge on any atom is 0.230 e. The fraction of sp³-hybridized carbons (Fsp3) is 0. The van der Waals surface area contributed by atoms with Gasteiger partial charge in [0.25, 0.3) is 0 Å². The van der Waals surface area contributed by atoms with Crippen molar-refractivity contribution in [2.45, 2.75) is 0 Å². The first kappa shape index (κ1) is 11.7. The molecule has 2 heterocycles. The molecule has 3 aromatic rings. The van der Waals surface area contributed by atoms with E-state index in [0.717, 1.165) is 10.6 Å². The number of ketones is 1. The van der Waals surface area contributed by atoms with Crippen molar-refractivity contribution in [3.63, 3.8) is 0 Å². The quantitative estimate of drug-likeness (QED) is 0.682. The second kappa shape index (κ2) is 5.12. The Morgan fingerprint density at radius 2 is 1.74 bits per heavy atom. The van der Waals surface area contributed by atoms with Crippen molar-refractivity contribution in [1.82, 2.24) is 9.97 Å². The monoisotopic (exact) mass is 266 g/mol. The predicted octanol–water partition coefficient (Wildman–Crippen LogP) is 3.44. The van der Waals surface area contributed by atoms with Crippen LogP contribution in [0.1, 0.15) is 16.2 Å². The molecule has 0 amide bonds. The lowest BCUT2D eigenvalue weighted by Crippen LogP contribution is -2.03. The van der Waals surface area contributed by atoms with Gasteiger partial charge in [0, 0.05) is 17.1 Å². The molecule has 0 atom stereocenters. The van der Waals surface area contributed by atoms with Gasteiger partial charge in [-0.1, -0.05) is 36.4 Å². The van der Waals surface area contributed by atoms with Gasteiger partial charge >= 0.3 is 0 Å². The molecule has 0 fully saturated rings. The minimum atomic E-state index is -0.140. The van der Waals surface area contributed by atoms with Gasteiger partial charge in [-0.25, -0.2) is 4.98 Å². The van der Waals surface area contributed by atoms with Gasteiger partial charge in [-0.3, -0.25) is 9.78 Å². The Balaban J connectivity index is 1.92. The van der Waals surface area contributed by atoms with Crippen LogP contribution < -0.4 is 0 Å². The Morgan fingerprint density at radius 1 is 0.947 bits per heavy atom. The highest BCUT2D eigenvalue weighted by molar-refractivity contribution is 7.13. The maximum atomic E-state index is 12.2. The molecule has 0 unspecified atom stereocenters. The van der Waals surface area contributed by atoms with Crippen LogP contribution >= 0.6 is 11.3 Å². The Kier molecular flexibility index (Phi) is 3.16. The van der Waals surface area contributed by atoms with E-state index in [9.17, 15) is 4.79 Å². The number of hydrogen-bond acceptors (Lipinski definition) is 4. The van der Waals surface area contributed by atoms with Crippen molar-refractivity contribution in [1.29, 1.82) is 0 Å². The summed E-state index contributed by atoms with van der Waals surface area (Å²) in [6, 6.07) is 15.1. The number of carbonyl (C=O) groups is 1. The summed E-state index contributed by atoms with van der Waals surface area (Å²) in [5.74, 6) is -0.140. The lowest BCUT2D eigenvalue weighted by molar-refractivity contribution is 0.103. The van der Waals surface area contributed by atoms with E-state index in [-0.39, 0.29) is 5.78 Å². The highest BCUT2D eigenvalue weighted by atomic mass is 32.1. The van der Waals surface area contributed by atoms with E-state index in [1.165, 1.54) is 11.3 Å². The molecule has 0 aliphatic rings. The smallest absolute Gasteiger partial charge is 0.230 e. The molecule has 0 saturated heterocycles. The van der Waals surface area contributed by atoms with E-state index in [2.05, 4.69) is 9.97 Å². The van der Waals surface area contributed by atoms with Gasteiger partial charge in [0.1, 0.15) is 16.4 Å². The first-order valence-corrected chi connectivity index (χ1v) is 6.69. The second-order valence-electron chi connectivity index (χ2n) is 3.95. The Morgan fingerprint density at radius 3 is 2.47 bits per heavy atom. The number of aromatic nitrogens is 2. The fourth-order valence-corrected chi connectivity index (χ4v) is 2.53. The zero-order chi connectivity index (χ0) is 13.1.